The fourth-order valence-electron chi connectivity index (χ4n) is 3.84. The molecule has 2 aromatic carbocycles. The Balaban J connectivity index is 2.06. The summed E-state index contributed by atoms with van der Waals surface area (Å²) in [4.78, 5) is 4.54. The van der Waals surface area contributed by atoms with E-state index in [2.05, 4.69) is 105 Å². The van der Waals surface area contributed by atoms with Crippen molar-refractivity contribution in [2.45, 2.75) is 31.7 Å². The monoisotopic (exact) mass is 407 g/mol. The van der Waals surface area contributed by atoms with Gasteiger partial charge in [-0.3, -0.25) is 4.98 Å². The zero-order valence-electron chi connectivity index (χ0n) is 16.9. The molecule has 1 aromatic heterocycles. The number of nitrogens with zero attached hydrogens (tertiary/aromatic N) is 1. The molecule has 2 nitrogen and oxygen atoms in total. The van der Waals surface area contributed by atoms with Crippen LogP contribution in [0, 0.1) is 0 Å². The topological polar surface area (TPSA) is 22.1 Å². The van der Waals surface area contributed by atoms with Gasteiger partial charge in [0.2, 0.25) is 0 Å². The molecule has 0 spiro atoms. The number of thiol groups is 1. The van der Waals surface area contributed by atoms with Crippen LogP contribution >= 0.6 is 12.6 Å². The van der Waals surface area contributed by atoms with E-state index in [1.807, 2.05) is 18.3 Å². The van der Waals surface area contributed by atoms with Crippen LogP contribution in [0.2, 0.25) is 5.04 Å². The molecule has 3 aromatic rings. The lowest BCUT2D eigenvalue weighted by atomic mass is 10.1. The summed E-state index contributed by atoms with van der Waals surface area (Å²) < 4.78 is 7.02. The molecule has 0 aliphatic carbocycles. The second-order valence-electron chi connectivity index (χ2n) is 8.11. The fourth-order valence-corrected chi connectivity index (χ4v) is 8.74. The van der Waals surface area contributed by atoms with Gasteiger partial charge in [0.25, 0.3) is 8.32 Å². The molecule has 0 saturated heterocycles. The highest BCUT2D eigenvalue weighted by atomic mass is 32.1. The zero-order valence-corrected chi connectivity index (χ0v) is 18.8. The first-order valence-electron chi connectivity index (χ1n) is 9.76. The first-order chi connectivity index (χ1) is 13.5. The number of benzene rings is 2. The molecule has 1 heterocycles. The number of aromatic nitrogens is 1. The van der Waals surface area contributed by atoms with Crippen LogP contribution in [0.15, 0.2) is 85.1 Å². The first kappa shape index (κ1) is 20.8. The van der Waals surface area contributed by atoms with Gasteiger partial charge in [-0.2, -0.15) is 12.6 Å². The first-order valence-corrected chi connectivity index (χ1v) is 12.3. The molecule has 4 heteroatoms. The largest absolute Gasteiger partial charge is 0.407 e. The third-order valence-corrected chi connectivity index (χ3v) is 10.7. The van der Waals surface area contributed by atoms with E-state index >= 15 is 0 Å². The van der Waals surface area contributed by atoms with Gasteiger partial charge in [-0.15, -0.1) is 0 Å². The Morgan fingerprint density at radius 3 is 1.82 bits per heavy atom. The molecule has 0 aliphatic heterocycles. The average molecular weight is 408 g/mol. The minimum atomic E-state index is -2.52. The summed E-state index contributed by atoms with van der Waals surface area (Å²) in [6.45, 7) is 7.51. The molecule has 146 valence electrons. The Morgan fingerprint density at radius 2 is 1.39 bits per heavy atom. The summed E-state index contributed by atoms with van der Waals surface area (Å²) >= 11 is 4.60. The van der Waals surface area contributed by atoms with Crippen molar-refractivity contribution in [2.75, 3.05) is 12.4 Å². The Bertz CT molecular complexity index is 811. The van der Waals surface area contributed by atoms with Crippen molar-refractivity contribution < 1.29 is 4.43 Å². The second kappa shape index (κ2) is 9.08. The second-order valence-corrected chi connectivity index (χ2v) is 12.8. The molecule has 0 amide bonds. The summed E-state index contributed by atoms with van der Waals surface area (Å²) in [5.41, 5.74) is 1.04. The van der Waals surface area contributed by atoms with E-state index in [-0.39, 0.29) is 11.0 Å². The molecule has 0 fully saturated rings. The summed E-state index contributed by atoms with van der Waals surface area (Å²) in [7, 11) is -2.52. The predicted octanol–water partition coefficient (Wildman–Crippen LogP) is 4.67. The smallest absolute Gasteiger partial charge is 0.261 e. The Hall–Kier alpha value is -1.88. The van der Waals surface area contributed by atoms with Crippen LogP contribution in [0.1, 0.15) is 32.4 Å². The molecular weight excluding hydrogens is 378 g/mol. The molecule has 0 bridgehead atoms. The summed E-state index contributed by atoms with van der Waals surface area (Å²) in [6.07, 6.45) is 1.84. The van der Waals surface area contributed by atoms with Gasteiger partial charge in [-0.25, -0.2) is 0 Å². The predicted molar refractivity (Wildman–Crippen MR) is 124 cm³/mol. The number of hydrogen-bond acceptors (Lipinski definition) is 3. The van der Waals surface area contributed by atoms with Crippen molar-refractivity contribution >= 4 is 31.3 Å². The van der Waals surface area contributed by atoms with Crippen LogP contribution in [0.3, 0.4) is 0 Å². The lowest BCUT2D eigenvalue weighted by Crippen LogP contribution is -2.66. The van der Waals surface area contributed by atoms with Crippen LogP contribution < -0.4 is 10.4 Å². The van der Waals surface area contributed by atoms with E-state index < -0.39 is 8.32 Å². The molecule has 0 N–H and O–H groups in total. The Labute approximate surface area is 175 Å². The zero-order chi connectivity index (χ0) is 20.0. The van der Waals surface area contributed by atoms with Crippen LogP contribution in [0.4, 0.5) is 0 Å². The molecule has 28 heavy (non-hydrogen) atoms. The van der Waals surface area contributed by atoms with Crippen molar-refractivity contribution in [3.8, 4) is 0 Å². The quantitative estimate of drug-likeness (QED) is 0.454. The van der Waals surface area contributed by atoms with Gasteiger partial charge in [0.05, 0.1) is 0 Å². The molecule has 0 radical (unpaired) electrons. The van der Waals surface area contributed by atoms with Crippen LogP contribution in [0.5, 0.6) is 0 Å². The number of hydrogen-bond donors (Lipinski definition) is 1. The SMILES string of the molecule is CC(C)(C)[Si](OCC(CS)c1ccccn1)(c1ccccc1)c1ccccc1. The van der Waals surface area contributed by atoms with Crippen LogP contribution in [0.25, 0.3) is 0 Å². The third kappa shape index (κ3) is 4.24. The lowest BCUT2D eigenvalue weighted by Gasteiger charge is -2.43. The van der Waals surface area contributed by atoms with Crippen LogP contribution in [-0.2, 0) is 4.43 Å². The maximum Gasteiger partial charge on any atom is 0.261 e. The van der Waals surface area contributed by atoms with E-state index in [1.165, 1.54) is 10.4 Å². The third-order valence-electron chi connectivity index (χ3n) is 5.24. The number of rotatable bonds is 7. The minimum Gasteiger partial charge on any atom is -0.407 e. The van der Waals surface area contributed by atoms with E-state index in [9.17, 15) is 0 Å². The van der Waals surface area contributed by atoms with Crippen molar-refractivity contribution in [1.29, 1.82) is 0 Å². The maximum absolute atomic E-state index is 7.02. The molecule has 0 saturated carbocycles. The van der Waals surface area contributed by atoms with Gasteiger partial charge in [0.1, 0.15) is 0 Å². The maximum atomic E-state index is 7.02. The fraction of sp³-hybridized carbons (Fsp3) is 0.292. The summed E-state index contributed by atoms with van der Waals surface area (Å²) in [6, 6.07) is 27.5. The Kier molecular flexibility index (Phi) is 6.76. The normalized spacial score (nSPS) is 13.3. The standard InChI is InChI=1S/C24H29NOSSi/c1-24(2,3)28(21-12-6-4-7-13-21,22-14-8-5-9-15-22)26-18-20(19-27)23-16-10-11-17-25-23/h4-17,20,27H,18-19H2,1-3H3. The molecule has 0 aliphatic rings. The lowest BCUT2D eigenvalue weighted by molar-refractivity contribution is 0.278. The summed E-state index contributed by atoms with van der Waals surface area (Å²) in [5, 5.41) is 2.57. The van der Waals surface area contributed by atoms with Crippen molar-refractivity contribution in [1.82, 2.24) is 4.98 Å². The Morgan fingerprint density at radius 1 is 0.857 bits per heavy atom. The molecule has 1 atom stereocenters. The highest BCUT2D eigenvalue weighted by molar-refractivity contribution is 7.80. The van der Waals surface area contributed by atoms with E-state index in [0.29, 0.717) is 12.4 Å². The molecular formula is C24H29NOSSi. The number of pyridine rings is 1. The minimum absolute atomic E-state index is 0.0268. The van der Waals surface area contributed by atoms with Gasteiger partial charge in [0.15, 0.2) is 0 Å². The van der Waals surface area contributed by atoms with E-state index in [1.54, 1.807) is 0 Å². The summed E-state index contributed by atoms with van der Waals surface area (Å²) in [5.74, 6) is 0.862. The average Bonchev–Trinajstić information content (AvgIpc) is 2.72. The van der Waals surface area contributed by atoms with Crippen molar-refractivity contribution in [2.24, 2.45) is 0 Å². The molecule has 1 unspecified atom stereocenters. The van der Waals surface area contributed by atoms with Gasteiger partial charge >= 0.3 is 0 Å². The van der Waals surface area contributed by atoms with Crippen LogP contribution in [-0.4, -0.2) is 25.7 Å². The van der Waals surface area contributed by atoms with E-state index in [4.69, 9.17) is 4.43 Å². The van der Waals surface area contributed by atoms with E-state index in [0.717, 1.165) is 5.69 Å². The highest BCUT2D eigenvalue weighted by Gasteiger charge is 2.50. The molecule has 3 rings (SSSR count). The van der Waals surface area contributed by atoms with Crippen molar-refractivity contribution in [3.63, 3.8) is 0 Å². The van der Waals surface area contributed by atoms with Gasteiger partial charge in [0, 0.05) is 30.2 Å². The van der Waals surface area contributed by atoms with Gasteiger partial charge in [-0.05, 0) is 27.5 Å². The van der Waals surface area contributed by atoms with Gasteiger partial charge in [-0.1, -0.05) is 87.5 Å². The van der Waals surface area contributed by atoms with Crippen molar-refractivity contribution in [3.05, 3.63) is 90.8 Å². The highest BCUT2D eigenvalue weighted by Crippen LogP contribution is 2.37. The van der Waals surface area contributed by atoms with Gasteiger partial charge < -0.3 is 4.43 Å².